The summed E-state index contributed by atoms with van der Waals surface area (Å²) in [5.74, 6) is 0. The molecule has 0 N–H and O–H groups in total. The van der Waals surface area contributed by atoms with Gasteiger partial charge in [0.05, 0.1) is 11.4 Å². The Kier molecular flexibility index (Phi) is 7.25. The van der Waals surface area contributed by atoms with Crippen molar-refractivity contribution >= 4 is 49.4 Å². The van der Waals surface area contributed by atoms with Crippen molar-refractivity contribution in [3.63, 3.8) is 0 Å². The number of benzene rings is 10. The average Bonchev–Trinajstić information content (AvgIpc) is 3.39. The first-order chi connectivity index (χ1) is 27.3. The highest BCUT2D eigenvalue weighted by molar-refractivity contribution is 6.25. The average molecular weight is 698 g/mol. The van der Waals surface area contributed by atoms with Crippen LogP contribution in [0.5, 0.6) is 0 Å². The monoisotopic (exact) mass is 697 g/mol. The molecule has 0 atom stereocenters. The third-order valence-corrected chi connectivity index (χ3v) is 11.4. The van der Waals surface area contributed by atoms with Crippen LogP contribution in [0.3, 0.4) is 0 Å². The highest BCUT2D eigenvalue weighted by Gasteiger charge is 2.26. The molecule has 0 radical (unpaired) electrons. The first kappa shape index (κ1) is 31.3. The maximum absolute atomic E-state index is 2.41. The van der Waals surface area contributed by atoms with Crippen molar-refractivity contribution in [2.75, 3.05) is 4.90 Å². The normalized spacial score (nSPS) is 12.0. The SMILES string of the molecule is c1ccc(N2c3ccccc3-c3ccccc3-c3cc(-c4cccc(-c5ccc(-c6ccc7c8ccccc8c8ccccc8c7c6)cc5)c4)ccc32)cc1. The molecule has 0 unspecified atom stereocenters. The van der Waals surface area contributed by atoms with Crippen molar-refractivity contribution < 1.29 is 0 Å². The molecule has 10 aromatic rings. The number of rotatable bonds is 4. The summed E-state index contributed by atoms with van der Waals surface area (Å²) in [6.45, 7) is 0. The van der Waals surface area contributed by atoms with Gasteiger partial charge in [-0.05, 0) is 119 Å². The predicted molar refractivity (Wildman–Crippen MR) is 234 cm³/mol. The topological polar surface area (TPSA) is 3.24 Å². The first-order valence-electron chi connectivity index (χ1n) is 19.0. The lowest BCUT2D eigenvalue weighted by Crippen LogP contribution is -2.10. The first-order valence-corrected chi connectivity index (χ1v) is 19.0. The van der Waals surface area contributed by atoms with E-state index in [0.717, 1.165) is 5.69 Å². The molecular formula is C54H35N. The van der Waals surface area contributed by atoms with Crippen LogP contribution >= 0.6 is 0 Å². The Morgan fingerprint density at radius 2 is 0.655 bits per heavy atom. The molecule has 0 aromatic heterocycles. The zero-order chi connectivity index (χ0) is 36.3. The largest absolute Gasteiger partial charge is 0.309 e. The van der Waals surface area contributed by atoms with Crippen molar-refractivity contribution in [1.82, 2.24) is 0 Å². The summed E-state index contributed by atoms with van der Waals surface area (Å²) in [6, 6.07) is 77.8. The van der Waals surface area contributed by atoms with E-state index in [1.54, 1.807) is 0 Å². The van der Waals surface area contributed by atoms with Crippen LogP contribution in [-0.2, 0) is 0 Å². The maximum atomic E-state index is 2.41. The number of hydrogen-bond donors (Lipinski definition) is 0. The van der Waals surface area contributed by atoms with Gasteiger partial charge in [0.25, 0.3) is 0 Å². The van der Waals surface area contributed by atoms with E-state index >= 15 is 0 Å². The number of para-hydroxylation sites is 2. The van der Waals surface area contributed by atoms with Crippen LogP contribution in [-0.4, -0.2) is 0 Å². The smallest absolute Gasteiger partial charge is 0.0540 e. The molecule has 10 aromatic carbocycles. The number of anilines is 3. The molecule has 11 rings (SSSR count). The summed E-state index contributed by atoms with van der Waals surface area (Å²) >= 11 is 0. The van der Waals surface area contributed by atoms with E-state index in [4.69, 9.17) is 0 Å². The lowest BCUT2D eigenvalue weighted by Gasteiger charge is -2.27. The Labute approximate surface area is 321 Å². The second-order valence-electron chi connectivity index (χ2n) is 14.5. The van der Waals surface area contributed by atoms with Gasteiger partial charge in [0.1, 0.15) is 0 Å². The number of fused-ring (bicyclic) bond motifs is 11. The van der Waals surface area contributed by atoms with E-state index in [9.17, 15) is 0 Å². The standard InChI is InChI=1S/C54H35N/c1-2-15-42(16-3-1)55-53-24-11-10-23-50(53)46-20-7-9-22-48(46)52-35-41(30-32-54(52)55)39-14-12-13-38(33-39)36-25-27-37(28-26-36)40-29-31-49-45-19-5-4-17-43(45)44-18-6-8-21-47(44)51(49)34-40/h1-35H. The molecule has 0 aliphatic carbocycles. The van der Waals surface area contributed by atoms with Crippen molar-refractivity contribution in [2.45, 2.75) is 0 Å². The molecule has 1 aliphatic rings. The number of nitrogens with zero attached hydrogens (tertiary/aromatic N) is 1. The molecule has 256 valence electrons. The minimum Gasteiger partial charge on any atom is -0.309 e. The van der Waals surface area contributed by atoms with Gasteiger partial charge in [-0.2, -0.15) is 0 Å². The van der Waals surface area contributed by atoms with Crippen molar-refractivity contribution in [3.05, 3.63) is 212 Å². The lowest BCUT2D eigenvalue weighted by molar-refractivity contribution is 1.29. The third kappa shape index (κ3) is 5.16. The fraction of sp³-hybridized carbons (Fsp3) is 0. The fourth-order valence-electron chi connectivity index (χ4n) is 8.78. The minimum atomic E-state index is 1.15. The van der Waals surface area contributed by atoms with Gasteiger partial charge in [-0.1, -0.05) is 170 Å². The molecule has 1 aliphatic heterocycles. The van der Waals surface area contributed by atoms with Crippen LogP contribution < -0.4 is 4.90 Å². The number of hydrogen-bond acceptors (Lipinski definition) is 1. The molecule has 0 fully saturated rings. The summed E-state index contributed by atoms with van der Waals surface area (Å²) in [5, 5.41) is 7.80. The summed E-state index contributed by atoms with van der Waals surface area (Å²) < 4.78 is 0. The maximum Gasteiger partial charge on any atom is 0.0540 e. The van der Waals surface area contributed by atoms with E-state index in [1.807, 2.05) is 0 Å². The second kappa shape index (κ2) is 12.7. The van der Waals surface area contributed by atoms with Gasteiger partial charge >= 0.3 is 0 Å². The molecule has 55 heavy (non-hydrogen) atoms. The summed E-state index contributed by atoms with van der Waals surface area (Å²) in [6.07, 6.45) is 0. The van der Waals surface area contributed by atoms with Gasteiger partial charge in [0.2, 0.25) is 0 Å². The Hall–Kier alpha value is -7.22. The van der Waals surface area contributed by atoms with Gasteiger partial charge in [0, 0.05) is 16.8 Å². The molecule has 0 bridgehead atoms. The highest BCUT2D eigenvalue weighted by atomic mass is 15.1. The summed E-state index contributed by atoms with van der Waals surface area (Å²) in [7, 11) is 0. The fourth-order valence-corrected chi connectivity index (χ4v) is 8.78. The van der Waals surface area contributed by atoms with Gasteiger partial charge < -0.3 is 4.90 Å². The van der Waals surface area contributed by atoms with E-state index in [-0.39, 0.29) is 0 Å². The minimum absolute atomic E-state index is 1.15. The molecule has 1 heteroatoms. The Morgan fingerprint density at radius 1 is 0.218 bits per heavy atom. The summed E-state index contributed by atoms with van der Waals surface area (Å²) in [5.41, 5.74) is 15.7. The van der Waals surface area contributed by atoms with Crippen LogP contribution in [0.4, 0.5) is 17.1 Å². The second-order valence-corrected chi connectivity index (χ2v) is 14.5. The molecule has 0 spiro atoms. The van der Waals surface area contributed by atoms with Gasteiger partial charge in [-0.25, -0.2) is 0 Å². The molecule has 0 saturated heterocycles. The van der Waals surface area contributed by atoms with Crippen molar-refractivity contribution in [3.8, 4) is 55.6 Å². The Bertz CT molecular complexity index is 3050. The zero-order valence-electron chi connectivity index (χ0n) is 30.2. The molecule has 1 heterocycles. The van der Waals surface area contributed by atoms with E-state index in [1.165, 1.54) is 99.3 Å². The predicted octanol–water partition coefficient (Wildman–Crippen LogP) is 15.3. The van der Waals surface area contributed by atoms with E-state index < -0.39 is 0 Å². The van der Waals surface area contributed by atoms with Crippen LogP contribution in [0.1, 0.15) is 0 Å². The molecular weight excluding hydrogens is 663 g/mol. The Morgan fingerprint density at radius 3 is 1.33 bits per heavy atom. The third-order valence-electron chi connectivity index (χ3n) is 11.4. The highest BCUT2D eigenvalue weighted by Crippen LogP contribution is 2.51. The van der Waals surface area contributed by atoms with E-state index in [0.29, 0.717) is 0 Å². The van der Waals surface area contributed by atoms with Gasteiger partial charge in [0.15, 0.2) is 0 Å². The lowest BCUT2D eigenvalue weighted by atomic mass is 9.91. The quantitative estimate of drug-likeness (QED) is 0.166. The summed E-state index contributed by atoms with van der Waals surface area (Å²) in [4.78, 5) is 2.41. The van der Waals surface area contributed by atoms with Crippen molar-refractivity contribution in [1.29, 1.82) is 0 Å². The molecule has 0 saturated carbocycles. The van der Waals surface area contributed by atoms with Crippen LogP contribution in [0, 0.1) is 0 Å². The van der Waals surface area contributed by atoms with Crippen molar-refractivity contribution in [2.24, 2.45) is 0 Å². The van der Waals surface area contributed by atoms with Crippen LogP contribution in [0.25, 0.3) is 88.0 Å². The van der Waals surface area contributed by atoms with E-state index in [2.05, 4.69) is 217 Å². The van der Waals surface area contributed by atoms with Crippen LogP contribution in [0.15, 0.2) is 212 Å². The molecule has 1 nitrogen and oxygen atoms in total. The Balaban J connectivity index is 0.976. The van der Waals surface area contributed by atoms with Gasteiger partial charge in [-0.15, -0.1) is 0 Å². The van der Waals surface area contributed by atoms with Crippen LogP contribution in [0.2, 0.25) is 0 Å². The zero-order valence-corrected chi connectivity index (χ0v) is 30.2. The van der Waals surface area contributed by atoms with Gasteiger partial charge in [-0.3, -0.25) is 0 Å². The molecule has 0 amide bonds.